The Kier molecular flexibility index (Phi) is 5.00. The molecule has 4 heterocycles. The molecule has 0 saturated heterocycles. The quantitative estimate of drug-likeness (QED) is 0.739. The average Bonchev–Trinajstić information content (AvgIpc) is 3.13. The van der Waals surface area contributed by atoms with Crippen molar-refractivity contribution in [2.24, 2.45) is 0 Å². The number of nitrogens with one attached hydrogen (secondary N) is 3. The molecule has 0 atom stereocenters. The summed E-state index contributed by atoms with van der Waals surface area (Å²) in [6.45, 7) is 7.61. The molecule has 0 aliphatic carbocycles. The van der Waals surface area contributed by atoms with Crippen LogP contribution in [0.5, 0.6) is 0 Å². The summed E-state index contributed by atoms with van der Waals surface area (Å²) in [5.74, 6) is 0.754. The Balaban J connectivity index is 1.52. The maximum atomic E-state index is 12.3. The summed E-state index contributed by atoms with van der Waals surface area (Å²) < 4.78 is 5.46. The molecule has 152 valence electrons. The van der Waals surface area contributed by atoms with Gasteiger partial charge in [-0.25, -0.2) is 14.8 Å². The number of ether oxygens (including phenoxy) is 1. The molecular weight excluding hydrogens is 368 g/mol. The second kappa shape index (κ2) is 7.62. The van der Waals surface area contributed by atoms with Crippen LogP contribution < -0.4 is 10.6 Å². The number of hydrogen-bond donors (Lipinski definition) is 3. The van der Waals surface area contributed by atoms with Gasteiger partial charge in [0.25, 0.3) is 0 Å². The monoisotopic (exact) mass is 394 g/mol. The number of hydrogen-bond acceptors (Lipinski definition) is 6. The lowest BCUT2D eigenvalue weighted by molar-refractivity contribution is 0.0270. The van der Waals surface area contributed by atoms with Crippen molar-refractivity contribution in [2.45, 2.75) is 32.8 Å². The molecule has 8 heteroatoms. The Hall–Kier alpha value is -3.29. The Morgan fingerprint density at radius 2 is 2.17 bits per heavy atom. The molecule has 0 fully saturated rings. The first-order chi connectivity index (χ1) is 13.9. The number of nitrogens with zero attached hydrogens (tertiary/aromatic N) is 3. The SMILES string of the molecule is CC(C)(C)OC(=O)N1CC=C(c2cc3c(NC4=CNCC=C4)ncnc3[nH]2)CC1. The first-order valence-corrected chi connectivity index (χ1v) is 9.77. The van der Waals surface area contributed by atoms with Gasteiger partial charge in [0, 0.05) is 31.5 Å². The van der Waals surface area contributed by atoms with Crippen LogP contribution in [0.4, 0.5) is 10.6 Å². The minimum absolute atomic E-state index is 0.274. The van der Waals surface area contributed by atoms with E-state index < -0.39 is 5.60 Å². The molecule has 4 rings (SSSR count). The Morgan fingerprint density at radius 3 is 2.86 bits per heavy atom. The van der Waals surface area contributed by atoms with Gasteiger partial charge in [0.2, 0.25) is 0 Å². The highest BCUT2D eigenvalue weighted by atomic mass is 16.6. The number of anilines is 1. The van der Waals surface area contributed by atoms with Crippen LogP contribution in [0.1, 0.15) is 32.9 Å². The van der Waals surface area contributed by atoms with E-state index in [9.17, 15) is 4.79 Å². The van der Waals surface area contributed by atoms with E-state index >= 15 is 0 Å². The molecule has 2 aliphatic heterocycles. The summed E-state index contributed by atoms with van der Waals surface area (Å²) in [5, 5.41) is 7.44. The third-order valence-corrected chi connectivity index (χ3v) is 4.69. The summed E-state index contributed by atoms with van der Waals surface area (Å²) in [7, 11) is 0. The lowest BCUT2D eigenvalue weighted by Crippen LogP contribution is -2.39. The largest absolute Gasteiger partial charge is 0.444 e. The van der Waals surface area contributed by atoms with Gasteiger partial charge in [-0.15, -0.1) is 0 Å². The predicted octanol–water partition coefficient (Wildman–Crippen LogP) is 3.39. The van der Waals surface area contributed by atoms with E-state index in [1.165, 1.54) is 0 Å². The average molecular weight is 394 g/mol. The summed E-state index contributed by atoms with van der Waals surface area (Å²) >= 11 is 0. The molecule has 8 nitrogen and oxygen atoms in total. The van der Waals surface area contributed by atoms with Crippen molar-refractivity contribution in [3.8, 4) is 0 Å². The molecule has 0 saturated carbocycles. The second-order valence-corrected chi connectivity index (χ2v) is 8.11. The van der Waals surface area contributed by atoms with Crippen molar-refractivity contribution in [2.75, 3.05) is 25.0 Å². The van der Waals surface area contributed by atoms with E-state index in [0.29, 0.717) is 13.1 Å². The van der Waals surface area contributed by atoms with Gasteiger partial charge in [-0.2, -0.15) is 0 Å². The molecule has 3 N–H and O–H groups in total. The Morgan fingerprint density at radius 1 is 1.31 bits per heavy atom. The molecule has 0 spiro atoms. The van der Waals surface area contributed by atoms with Gasteiger partial charge in [-0.1, -0.05) is 12.2 Å². The van der Waals surface area contributed by atoms with Gasteiger partial charge >= 0.3 is 6.09 Å². The first-order valence-electron chi connectivity index (χ1n) is 9.77. The van der Waals surface area contributed by atoms with Crippen molar-refractivity contribution >= 4 is 28.5 Å². The van der Waals surface area contributed by atoms with E-state index in [4.69, 9.17) is 4.74 Å². The second-order valence-electron chi connectivity index (χ2n) is 8.11. The van der Waals surface area contributed by atoms with E-state index in [2.05, 4.69) is 37.7 Å². The topological polar surface area (TPSA) is 95.2 Å². The van der Waals surface area contributed by atoms with Crippen LogP contribution in [0, 0.1) is 0 Å². The van der Waals surface area contributed by atoms with Gasteiger partial charge in [0.1, 0.15) is 23.4 Å². The molecule has 0 aromatic carbocycles. The highest BCUT2D eigenvalue weighted by Gasteiger charge is 2.24. The fourth-order valence-electron chi connectivity index (χ4n) is 3.30. The zero-order chi connectivity index (χ0) is 20.4. The molecule has 2 aliphatic rings. The lowest BCUT2D eigenvalue weighted by atomic mass is 10.1. The van der Waals surface area contributed by atoms with Crippen LogP contribution in [-0.2, 0) is 4.74 Å². The normalized spacial score (nSPS) is 16.9. The van der Waals surface area contributed by atoms with E-state index in [1.54, 1.807) is 11.2 Å². The van der Waals surface area contributed by atoms with Crippen LogP contribution in [0.15, 0.2) is 42.5 Å². The van der Waals surface area contributed by atoms with Crippen LogP contribution in [0.25, 0.3) is 16.6 Å². The van der Waals surface area contributed by atoms with Crippen LogP contribution in [-0.4, -0.2) is 51.2 Å². The number of carbonyl (C=O) groups excluding carboxylic acids is 1. The van der Waals surface area contributed by atoms with E-state index in [-0.39, 0.29) is 6.09 Å². The van der Waals surface area contributed by atoms with Crippen LogP contribution in [0.3, 0.4) is 0 Å². The summed E-state index contributed by atoms with van der Waals surface area (Å²) in [6.07, 6.45) is 10.1. The molecule has 0 bridgehead atoms. The zero-order valence-electron chi connectivity index (χ0n) is 17.0. The summed E-state index contributed by atoms with van der Waals surface area (Å²) in [5.41, 5.74) is 3.40. The molecule has 2 aromatic heterocycles. The molecule has 0 unspecified atom stereocenters. The molecule has 2 aromatic rings. The number of aromatic nitrogens is 3. The summed E-state index contributed by atoms with van der Waals surface area (Å²) in [4.78, 5) is 26.1. The molecular formula is C21H26N6O2. The van der Waals surface area contributed by atoms with Gasteiger partial charge < -0.3 is 25.3 Å². The highest BCUT2D eigenvalue weighted by molar-refractivity contribution is 5.91. The fraction of sp³-hybridized carbons (Fsp3) is 0.381. The first kappa shape index (κ1) is 19.0. The van der Waals surface area contributed by atoms with Crippen molar-refractivity contribution in [3.63, 3.8) is 0 Å². The minimum Gasteiger partial charge on any atom is -0.444 e. The number of dihydropyridines is 1. The molecule has 1 amide bonds. The number of rotatable bonds is 3. The standard InChI is InChI=1S/C21H26N6O2/c1-21(2,3)29-20(28)27-9-6-14(7-10-27)17-11-16-18(23-13-24-19(16)26-17)25-15-5-4-8-22-12-15/h4-6,11-13,22H,7-10H2,1-3H3,(H2,23,24,25,26). The minimum atomic E-state index is -0.487. The van der Waals surface area contributed by atoms with Gasteiger partial charge in [-0.3, -0.25) is 0 Å². The third-order valence-electron chi connectivity index (χ3n) is 4.69. The van der Waals surface area contributed by atoms with E-state index in [0.717, 1.165) is 46.8 Å². The van der Waals surface area contributed by atoms with Crippen LogP contribution >= 0.6 is 0 Å². The molecule has 0 radical (unpaired) electrons. The highest BCUT2D eigenvalue weighted by Crippen LogP contribution is 2.28. The maximum Gasteiger partial charge on any atom is 0.410 e. The van der Waals surface area contributed by atoms with E-state index in [1.807, 2.05) is 39.1 Å². The third kappa shape index (κ3) is 4.42. The van der Waals surface area contributed by atoms with Gasteiger partial charge in [-0.05, 0) is 44.9 Å². The number of carbonyl (C=O) groups is 1. The van der Waals surface area contributed by atoms with Crippen molar-refractivity contribution in [1.29, 1.82) is 0 Å². The van der Waals surface area contributed by atoms with Crippen molar-refractivity contribution in [1.82, 2.24) is 25.2 Å². The zero-order valence-corrected chi connectivity index (χ0v) is 17.0. The van der Waals surface area contributed by atoms with Crippen LogP contribution in [0.2, 0.25) is 0 Å². The predicted molar refractivity (Wildman–Crippen MR) is 113 cm³/mol. The van der Waals surface area contributed by atoms with Gasteiger partial charge in [0.05, 0.1) is 11.1 Å². The Labute approximate surface area is 169 Å². The van der Waals surface area contributed by atoms with Gasteiger partial charge in [0.15, 0.2) is 0 Å². The molecule has 29 heavy (non-hydrogen) atoms. The number of fused-ring (bicyclic) bond motifs is 1. The van der Waals surface area contributed by atoms with Crippen molar-refractivity contribution in [3.05, 3.63) is 48.2 Å². The Bertz CT molecular complexity index is 1010. The number of amides is 1. The van der Waals surface area contributed by atoms with Crippen molar-refractivity contribution < 1.29 is 9.53 Å². The lowest BCUT2D eigenvalue weighted by Gasteiger charge is -2.29. The fourth-order valence-corrected chi connectivity index (χ4v) is 3.30. The summed E-state index contributed by atoms with van der Waals surface area (Å²) in [6, 6.07) is 2.06. The number of aromatic amines is 1. The number of allylic oxidation sites excluding steroid dienone is 1. The number of H-pyrrole nitrogens is 1. The maximum absolute atomic E-state index is 12.3. The smallest absolute Gasteiger partial charge is 0.410 e.